The number of fused-ring (bicyclic) bond motifs is 1. The predicted octanol–water partition coefficient (Wildman–Crippen LogP) is 2.17. The summed E-state index contributed by atoms with van der Waals surface area (Å²) < 4.78 is 27.4. The number of benzene rings is 1. The van der Waals surface area contributed by atoms with Crippen LogP contribution in [0.3, 0.4) is 0 Å². The highest BCUT2D eigenvalue weighted by atomic mass is 32.2. The first-order valence-electron chi connectivity index (χ1n) is 7.87. The number of aryl methyl sites for hydroxylation is 1. The van der Waals surface area contributed by atoms with Gasteiger partial charge in [-0.05, 0) is 24.1 Å². The van der Waals surface area contributed by atoms with Crippen LogP contribution in [0.1, 0.15) is 12.0 Å². The van der Waals surface area contributed by atoms with Gasteiger partial charge >= 0.3 is 0 Å². The molecule has 1 aliphatic rings. The van der Waals surface area contributed by atoms with E-state index in [-0.39, 0.29) is 5.75 Å². The van der Waals surface area contributed by atoms with Gasteiger partial charge in [0, 0.05) is 25.7 Å². The number of aromatic nitrogens is 3. The lowest BCUT2D eigenvalue weighted by Crippen LogP contribution is -2.25. The zero-order valence-corrected chi connectivity index (χ0v) is 14.2. The van der Waals surface area contributed by atoms with Crippen molar-refractivity contribution in [3.8, 4) is 11.3 Å². The third kappa shape index (κ3) is 2.70. The van der Waals surface area contributed by atoms with E-state index in [2.05, 4.69) is 9.97 Å². The molecule has 4 rings (SSSR count). The highest BCUT2D eigenvalue weighted by molar-refractivity contribution is 7.89. The predicted molar refractivity (Wildman–Crippen MR) is 92.8 cm³/mol. The number of pyridine rings is 1. The van der Waals surface area contributed by atoms with Gasteiger partial charge in [-0.2, -0.15) is 4.31 Å². The van der Waals surface area contributed by atoms with Crippen molar-refractivity contribution in [2.45, 2.75) is 13.0 Å². The molecule has 1 fully saturated rings. The number of nitrogens with zero attached hydrogens (tertiary/aromatic N) is 4. The van der Waals surface area contributed by atoms with Crippen LogP contribution in [0.15, 0.2) is 42.9 Å². The van der Waals surface area contributed by atoms with Gasteiger partial charge in [0.05, 0.1) is 35.0 Å². The SMILES string of the molecule is Cn1cnc2cc(-c3cccc(CN4CCCS4(=O)=O)c3)ncc21. The summed E-state index contributed by atoms with van der Waals surface area (Å²) in [5.41, 5.74) is 4.66. The molecule has 6 nitrogen and oxygen atoms in total. The zero-order valence-electron chi connectivity index (χ0n) is 13.4. The van der Waals surface area contributed by atoms with Crippen LogP contribution in [-0.4, -0.2) is 39.6 Å². The van der Waals surface area contributed by atoms with E-state index in [1.807, 2.05) is 48.1 Å². The van der Waals surface area contributed by atoms with Gasteiger partial charge in [-0.1, -0.05) is 18.2 Å². The van der Waals surface area contributed by atoms with E-state index in [0.717, 1.165) is 27.9 Å². The van der Waals surface area contributed by atoms with E-state index in [0.29, 0.717) is 19.5 Å². The smallest absolute Gasteiger partial charge is 0.214 e. The van der Waals surface area contributed by atoms with Gasteiger partial charge in [0.2, 0.25) is 10.0 Å². The maximum Gasteiger partial charge on any atom is 0.214 e. The van der Waals surface area contributed by atoms with Gasteiger partial charge in [0.15, 0.2) is 0 Å². The Morgan fingerprint density at radius 2 is 2.08 bits per heavy atom. The van der Waals surface area contributed by atoms with E-state index < -0.39 is 10.0 Å². The van der Waals surface area contributed by atoms with Crippen LogP contribution in [0.4, 0.5) is 0 Å². The van der Waals surface area contributed by atoms with Crippen molar-refractivity contribution in [1.82, 2.24) is 18.8 Å². The van der Waals surface area contributed by atoms with Crippen molar-refractivity contribution in [3.05, 3.63) is 48.4 Å². The third-order valence-electron chi connectivity index (χ3n) is 4.40. The van der Waals surface area contributed by atoms with Gasteiger partial charge in [0.1, 0.15) is 0 Å². The first-order valence-corrected chi connectivity index (χ1v) is 9.48. The van der Waals surface area contributed by atoms with Crippen LogP contribution in [0.25, 0.3) is 22.3 Å². The van der Waals surface area contributed by atoms with Crippen LogP contribution in [0.5, 0.6) is 0 Å². The van der Waals surface area contributed by atoms with Gasteiger partial charge in [-0.15, -0.1) is 0 Å². The molecule has 1 aromatic carbocycles. The molecule has 1 saturated heterocycles. The summed E-state index contributed by atoms with van der Waals surface area (Å²) in [5.74, 6) is 0.255. The van der Waals surface area contributed by atoms with Crippen molar-refractivity contribution in [3.63, 3.8) is 0 Å². The van der Waals surface area contributed by atoms with Crippen molar-refractivity contribution >= 4 is 21.1 Å². The second-order valence-electron chi connectivity index (χ2n) is 6.12. The molecule has 0 spiro atoms. The second kappa shape index (κ2) is 5.68. The fourth-order valence-electron chi connectivity index (χ4n) is 3.08. The lowest BCUT2D eigenvalue weighted by Gasteiger charge is -2.14. The quantitative estimate of drug-likeness (QED) is 0.731. The average Bonchev–Trinajstić information content (AvgIpc) is 3.10. The molecule has 0 amide bonds. The molecule has 1 aliphatic heterocycles. The minimum absolute atomic E-state index is 0.255. The number of hydrogen-bond acceptors (Lipinski definition) is 4. The Labute approximate surface area is 140 Å². The van der Waals surface area contributed by atoms with Gasteiger partial charge in [-0.3, -0.25) is 4.98 Å². The van der Waals surface area contributed by atoms with Crippen LogP contribution >= 0.6 is 0 Å². The van der Waals surface area contributed by atoms with Crippen molar-refractivity contribution < 1.29 is 8.42 Å². The molecule has 2 aromatic heterocycles. The van der Waals surface area contributed by atoms with Crippen molar-refractivity contribution in [2.24, 2.45) is 7.05 Å². The monoisotopic (exact) mass is 342 g/mol. The molecule has 24 heavy (non-hydrogen) atoms. The van der Waals surface area contributed by atoms with Crippen LogP contribution in [-0.2, 0) is 23.6 Å². The minimum atomic E-state index is -3.08. The Hall–Kier alpha value is -2.25. The normalized spacial score (nSPS) is 17.5. The highest BCUT2D eigenvalue weighted by Crippen LogP contribution is 2.24. The van der Waals surface area contributed by atoms with Gasteiger partial charge in [-0.25, -0.2) is 13.4 Å². The van der Waals surface area contributed by atoms with Gasteiger partial charge in [0.25, 0.3) is 0 Å². The van der Waals surface area contributed by atoms with Crippen LogP contribution in [0.2, 0.25) is 0 Å². The van der Waals surface area contributed by atoms with E-state index in [9.17, 15) is 8.42 Å². The van der Waals surface area contributed by atoms with E-state index in [4.69, 9.17) is 0 Å². The molecule has 3 heterocycles. The van der Waals surface area contributed by atoms with Crippen LogP contribution < -0.4 is 0 Å². The fourth-order valence-corrected chi connectivity index (χ4v) is 4.59. The Bertz CT molecular complexity index is 1010. The lowest BCUT2D eigenvalue weighted by molar-refractivity contribution is 0.440. The topological polar surface area (TPSA) is 68.1 Å². The molecule has 0 unspecified atom stereocenters. The largest absolute Gasteiger partial charge is 0.332 e. The van der Waals surface area contributed by atoms with Crippen molar-refractivity contribution in [1.29, 1.82) is 0 Å². The number of imidazole rings is 1. The van der Waals surface area contributed by atoms with E-state index in [1.54, 1.807) is 10.6 Å². The first kappa shape index (κ1) is 15.3. The summed E-state index contributed by atoms with van der Waals surface area (Å²) in [7, 11) is -1.15. The zero-order chi connectivity index (χ0) is 16.7. The molecule has 0 aliphatic carbocycles. The first-order chi connectivity index (χ1) is 11.5. The second-order valence-corrected chi connectivity index (χ2v) is 8.21. The Morgan fingerprint density at radius 1 is 1.21 bits per heavy atom. The van der Waals surface area contributed by atoms with Crippen molar-refractivity contribution in [2.75, 3.05) is 12.3 Å². The Kier molecular flexibility index (Phi) is 3.62. The molecular formula is C17H18N4O2S. The Balaban J connectivity index is 1.66. The molecule has 124 valence electrons. The molecule has 7 heteroatoms. The summed E-state index contributed by atoms with van der Waals surface area (Å²) in [4.78, 5) is 8.88. The third-order valence-corrected chi connectivity index (χ3v) is 6.30. The summed E-state index contributed by atoms with van der Waals surface area (Å²) >= 11 is 0. The standard InChI is InChI=1S/C17H18N4O2S/c1-20-12-19-16-9-15(18-10-17(16)20)14-5-2-4-13(8-14)11-21-6-3-7-24(21,22)23/h2,4-5,8-10,12H,3,6-7,11H2,1H3. The molecule has 0 N–H and O–H groups in total. The summed E-state index contributed by atoms with van der Waals surface area (Å²) in [6.45, 7) is 1.02. The molecule has 0 radical (unpaired) electrons. The average molecular weight is 342 g/mol. The molecular weight excluding hydrogens is 324 g/mol. The lowest BCUT2D eigenvalue weighted by atomic mass is 10.1. The van der Waals surface area contributed by atoms with Crippen LogP contribution in [0, 0.1) is 0 Å². The number of hydrogen-bond donors (Lipinski definition) is 0. The Morgan fingerprint density at radius 3 is 2.88 bits per heavy atom. The minimum Gasteiger partial charge on any atom is -0.332 e. The number of rotatable bonds is 3. The molecule has 0 saturated carbocycles. The molecule has 3 aromatic rings. The van der Waals surface area contributed by atoms with Gasteiger partial charge < -0.3 is 4.57 Å². The number of sulfonamides is 1. The van der Waals surface area contributed by atoms with E-state index >= 15 is 0 Å². The summed E-state index contributed by atoms with van der Waals surface area (Å²) in [6.07, 6.45) is 4.29. The molecule has 0 atom stereocenters. The highest BCUT2D eigenvalue weighted by Gasteiger charge is 2.27. The fraction of sp³-hybridized carbons (Fsp3) is 0.294. The summed E-state index contributed by atoms with van der Waals surface area (Å²) in [5, 5.41) is 0. The molecule has 0 bridgehead atoms. The maximum absolute atomic E-state index is 12.0. The maximum atomic E-state index is 12.0. The summed E-state index contributed by atoms with van der Waals surface area (Å²) in [6, 6.07) is 9.85. The van der Waals surface area contributed by atoms with E-state index in [1.165, 1.54) is 0 Å².